The van der Waals surface area contributed by atoms with Crippen LogP contribution in [0.3, 0.4) is 0 Å². The van der Waals surface area contributed by atoms with E-state index >= 15 is 0 Å². The largest absolute Gasteiger partial charge is 0.431 e. The Kier molecular flexibility index (Phi) is 5.79. The summed E-state index contributed by atoms with van der Waals surface area (Å²) in [4.78, 5) is 44.4. The molecular formula is C23H22N4O4. The first-order chi connectivity index (χ1) is 15.0. The predicted octanol–water partition coefficient (Wildman–Crippen LogP) is 3.09. The Bertz CT molecular complexity index is 1080. The Morgan fingerprint density at radius 3 is 2.23 bits per heavy atom. The molecule has 0 spiro atoms. The van der Waals surface area contributed by atoms with Gasteiger partial charge in [0.2, 0.25) is 0 Å². The van der Waals surface area contributed by atoms with E-state index in [1.807, 2.05) is 30.3 Å². The van der Waals surface area contributed by atoms with E-state index in [2.05, 4.69) is 15.2 Å². The molecule has 0 aliphatic carbocycles. The van der Waals surface area contributed by atoms with Gasteiger partial charge in [0.15, 0.2) is 11.5 Å². The van der Waals surface area contributed by atoms with E-state index in [9.17, 15) is 14.4 Å². The monoisotopic (exact) mass is 418 g/mol. The van der Waals surface area contributed by atoms with Crippen molar-refractivity contribution < 1.29 is 18.8 Å². The number of oxazole rings is 1. The molecule has 2 heterocycles. The van der Waals surface area contributed by atoms with Crippen molar-refractivity contribution >= 4 is 29.3 Å². The Labute approximate surface area is 179 Å². The summed E-state index contributed by atoms with van der Waals surface area (Å²) in [5, 5.41) is 2.56. The van der Waals surface area contributed by atoms with E-state index in [0.717, 1.165) is 5.69 Å². The first-order valence-corrected chi connectivity index (χ1v) is 9.98. The quantitative estimate of drug-likeness (QED) is 0.640. The Morgan fingerprint density at radius 2 is 1.58 bits per heavy atom. The van der Waals surface area contributed by atoms with Gasteiger partial charge in [0.25, 0.3) is 11.8 Å². The van der Waals surface area contributed by atoms with Crippen LogP contribution in [0.25, 0.3) is 0 Å². The highest BCUT2D eigenvalue weighted by atomic mass is 16.4. The van der Waals surface area contributed by atoms with Crippen molar-refractivity contribution in [2.24, 2.45) is 0 Å². The molecule has 1 aliphatic rings. The number of nitrogens with one attached hydrogen (secondary N) is 1. The third-order valence-electron chi connectivity index (χ3n) is 5.19. The molecule has 0 saturated carbocycles. The van der Waals surface area contributed by atoms with Gasteiger partial charge in [-0.25, -0.2) is 0 Å². The lowest BCUT2D eigenvalue weighted by molar-refractivity contribution is 0.0740. The molecule has 2 aromatic carbocycles. The summed E-state index contributed by atoms with van der Waals surface area (Å²) < 4.78 is 5.26. The molecule has 1 saturated heterocycles. The van der Waals surface area contributed by atoms with Gasteiger partial charge in [-0.1, -0.05) is 18.2 Å². The number of anilines is 2. The zero-order valence-electron chi connectivity index (χ0n) is 17.1. The maximum absolute atomic E-state index is 12.8. The van der Waals surface area contributed by atoms with Gasteiger partial charge in [-0.3, -0.25) is 19.7 Å². The van der Waals surface area contributed by atoms with E-state index in [-0.39, 0.29) is 29.3 Å². The van der Waals surface area contributed by atoms with E-state index in [0.29, 0.717) is 37.3 Å². The molecule has 1 aromatic heterocycles. The summed E-state index contributed by atoms with van der Waals surface area (Å²) in [6.45, 7) is 3.95. The first kappa shape index (κ1) is 20.3. The summed E-state index contributed by atoms with van der Waals surface area (Å²) >= 11 is 0. The number of benzene rings is 2. The van der Waals surface area contributed by atoms with Crippen LogP contribution in [0.4, 0.5) is 11.7 Å². The minimum atomic E-state index is -0.356. The van der Waals surface area contributed by atoms with Gasteiger partial charge in [0.1, 0.15) is 6.26 Å². The number of ketones is 1. The number of rotatable bonds is 5. The molecule has 0 unspecified atom stereocenters. The second kappa shape index (κ2) is 8.83. The van der Waals surface area contributed by atoms with Crippen molar-refractivity contribution in [1.29, 1.82) is 0 Å². The van der Waals surface area contributed by atoms with Gasteiger partial charge in [0.05, 0.1) is 0 Å². The Balaban J connectivity index is 1.34. The number of nitrogens with zero attached hydrogens (tertiary/aromatic N) is 3. The fourth-order valence-electron chi connectivity index (χ4n) is 3.42. The molecule has 4 rings (SSSR count). The van der Waals surface area contributed by atoms with E-state index < -0.39 is 0 Å². The molecule has 1 fully saturated rings. The molecule has 0 atom stereocenters. The fourth-order valence-corrected chi connectivity index (χ4v) is 3.42. The van der Waals surface area contributed by atoms with Crippen molar-refractivity contribution in [3.63, 3.8) is 0 Å². The van der Waals surface area contributed by atoms with Crippen molar-refractivity contribution in [2.45, 2.75) is 6.92 Å². The van der Waals surface area contributed by atoms with Crippen LogP contribution >= 0.6 is 0 Å². The lowest BCUT2D eigenvalue weighted by Gasteiger charge is -2.35. The topological polar surface area (TPSA) is 95.8 Å². The summed E-state index contributed by atoms with van der Waals surface area (Å²) in [7, 11) is 0. The van der Waals surface area contributed by atoms with Crippen LogP contribution in [0, 0.1) is 0 Å². The Hall–Kier alpha value is -3.94. The number of hydrogen-bond donors (Lipinski definition) is 1. The molecule has 3 aromatic rings. The minimum absolute atomic E-state index is 0.0126. The van der Waals surface area contributed by atoms with Crippen LogP contribution < -0.4 is 10.2 Å². The van der Waals surface area contributed by atoms with Crippen LogP contribution in [0.5, 0.6) is 0 Å². The summed E-state index contributed by atoms with van der Waals surface area (Å²) in [6.07, 6.45) is 1.26. The second-order valence-electron chi connectivity index (χ2n) is 7.24. The number of piperazine rings is 1. The number of Topliss-reactive ketones (excluding diaryl/α,β-unsaturated/α-hetero) is 1. The molecule has 8 nitrogen and oxygen atoms in total. The molecule has 0 radical (unpaired) electrons. The SMILES string of the molecule is CC(=O)c1ccc(N2CCN(C(=O)c3coc(NC(=O)c4ccccc4)n3)CC2)cc1. The highest BCUT2D eigenvalue weighted by Gasteiger charge is 2.25. The van der Waals surface area contributed by atoms with Crippen LogP contribution in [-0.4, -0.2) is 53.7 Å². The van der Waals surface area contributed by atoms with Crippen LogP contribution in [0.1, 0.15) is 38.1 Å². The van der Waals surface area contributed by atoms with Crippen molar-refractivity contribution in [3.05, 3.63) is 77.7 Å². The number of hydrogen-bond acceptors (Lipinski definition) is 6. The zero-order chi connectivity index (χ0) is 21.8. The van der Waals surface area contributed by atoms with Gasteiger partial charge < -0.3 is 14.2 Å². The molecule has 8 heteroatoms. The maximum Gasteiger partial charge on any atom is 0.302 e. The average molecular weight is 418 g/mol. The second-order valence-corrected chi connectivity index (χ2v) is 7.24. The standard InChI is InChI=1S/C23H22N4O4/c1-16(28)17-7-9-19(10-8-17)26-11-13-27(14-12-26)22(30)20-15-31-23(24-20)25-21(29)18-5-3-2-4-6-18/h2-10,15H,11-14H2,1H3,(H,24,25,29). The van der Waals surface area contributed by atoms with E-state index in [1.165, 1.54) is 6.26 Å². The molecule has 0 bridgehead atoms. The summed E-state index contributed by atoms with van der Waals surface area (Å²) in [5.41, 5.74) is 2.33. The average Bonchev–Trinajstić information content (AvgIpc) is 3.28. The number of carbonyl (C=O) groups excluding carboxylic acids is 3. The smallest absolute Gasteiger partial charge is 0.302 e. The molecule has 1 N–H and O–H groups in total. The van der Waals surface area contributed by atoms with Gasteiger partial charge >= 0.3 is 6.01 Å². The lowest BCUT2D eigenvalue weighted by atomic mass is 10.1. The minimum Gasteiger partial charge on any atom is -0.431 e. The Morgan fingerprint density at radius 1 is 0.903 bits per heavy atom. The molecule has 2 amide bonds. The number of amides is 2. The van der Waals surface area contributed by atoms with Crippen molar-refractivity contribution in [3.8, 4) is 0 Å². The predicted molar refractivity (Wildman–Crippen MR) is 115 cm³/mol. The number of aromatic nitrogens is 1. The number of carbonyl (C=O) groups is 3. The normalized spacial score (nSPS) is 13.7. The lowest BCUT2D eigenvalue weighted by Crippen LogP contribution is -2.48. The highest BCUT2D eigenvalue weighted by molar-refractivity contribution is 6.03. The van der Waals surface area contributed by atoms with Gasteiger partial charge in [-0.15, -0.1) is 0 Å². The third-order valence-corrected chi connectivity index (χ3v) is 5.19. The van der Waals surface area contributed by atoms with Gasteiger partial charge in [0, 0.05) is 43.0 Å². The van der Waals surface area contributed by atoms with Crippen molar-refractivity contribution in [2.75, 3.05) is 36.4 Å². The highest BCUT2D eigenvalue weighted by Crippen LogP contribution is 2.19. The molecule has 158 valence electrons. The molecular weight excluding hydrogens is 396 g/mol. The molecule has 31 heavy (non-hydrogen) atoms. The van der Waals surface area contributed by atoms with E-state index in [1.54, 1.807) is 36.1 Å². The fraction of sp³-hybridized carbons (Fsp3) is 0.217. The maximum atomic E-state index is 12.8. The van der Waals surface area contributed by atoms with Crippen LogP contribution in [0.15, 0.2) is 65.3 Å². The van der Waals surface area contributed by atoms with Gasteiger partial charge in [-0.2, -0.15) is 4.98 Å². The van der Waals surface area contributed by atoms with Crippen LogP contribution in [0.2, 0.25) is 0 Å². The summed E-state index contributed by atoms with van der Waals surface area (Å²) in [6, 6.07) is 16.2. The zero-order valence-corrected chi connectivity index (χ0v) is 17.1. The summed E-state index contributed by atoms with van der Waals surface area (Å²) in [5.74, 6) is -0.560. The van der Waals surface area contributed by atoms with Crippen LogP contribution in [-0.2, 0) is 0 Å². The van der Waals surface area contributed by atoms with Gasteiger partial charge in [-0.05, 0) is 43.3 Å². The molecule has 1 aliphatic heterocycles. The third kappa shape index (κ3) is 4.63. The first-order valence-electron chi connectivity index (χ1n) is 9.98. The van der Waals surface area contributed by atoms with E-state index in [4.69, 9.17) is 4.42 Å². The van der Waals surface area contributed by atoms with Crippen molar-refractivity contribution in [1.82, 2.24) is 9.88 Å².